The molecule has 0 aromatic heterocycles. The summed E-state index contributed by atoms with van der Waals surface area (Å²) in [6.07, 6.45) is 1.38. The van der Waals surface area contributed by atoms with E-state index in [1.165, 1.54) is 7.11 Å². The lowest BCUT2D eigenvalue weighted by atomic mass is 9.63. The maximum Gasteiger partial charge on any atom is 0.337 e. The van der Waals surface area contributed by atoms with Crippen molar-refractivity contribution < 1.29 is 23.5 Å². The Hall–Kier alpha value is -4.04. The van der Waals surface area contributed by atoms with Crippen LogP contribution in [0.15, 0.2) is 60.7 Å². The summed E-state index contributed by atoms with van der Waals surface area (Å²) in [5.74, 6) is -0.880. The van der Waals surface area contributed by atoms with E-state index in [4.69, 9.17) is 0 Å². The van der Waals surface area contributed by atoms with Crippen molar-refractivity contribution in [1.29, 1.82) is 0 Å². The molecule has 0 bridgehead atoms. The first-order valence-corrected chi connectivity index (χ1v) is 13.7. The monoisotopic (exact) mass is 559 g/mol. The summed E-state index contributed by atoms with van der Waals surface area (Å²) in [5.41, 5.74) is 4.43. The van der Waals surface area contributed by atoms with Gasteiger partial charge in [0.05, 0.1) is 18.1 Å². The summed E-state index contributed by atoms with van der Waals surface area (Å²) >= 11 is 0. The third-order valence-electron chi connectivity index (χ3n) is 7.84. The SMILES string of the molecule is COC(=O)c1cccc(NC=O)c1.Cc1ccc2c(c1)NC(=O)[C@@]21C(CC(C)(C)C)NCC1c1cccc(C)c1F. The highest BCUT2D eigenvalue weighted by atomic mass is 19.1. The van der Waals surface area contributed by atoms with Crippen LogP contribution in [0.1, 0.15) is 65.7 Å². The fraction of sp³-hybridized carbons (Fsp3) is 0.364. The summed E-state index contributed by atoms with van der Waals surface area (Å²) in [5, 5.41) is 9.16. The van der Waals surface area contributed by atoms with Crippen molar-refractivity contribution in [3.8, 4) is 0 Å². The Morgan fingerprint density at radius 2 is 1.85 bits per heavy atom. The van der Waals surface area contributed by atoms with Crippen molar-refractivity contribution in [3.05, 3.63) is 94.3 Å². The van der Waals surface area contributed by atoms with Crippen LogP contribution in [0.2, 0.25) is 0 Å². The first-order valence-electron chi connectivity index (χ1n) is 13.7. The molecule has 1 fully saturated rings. The quantitative estimate of drug-likeness (QED) is 0.269. The lowest BCUT2D eigenvalue weighted by Gasteiger charge is -2.37. The Kier molecular flexibility index (Phi) is 8.63. The number of methoxy groups -OCH3 is 1. The standard InChI is InChI=1S/C24H29FN2O.C9H9NO3/c1-14-9-10-17-19(11-14)27-22(28)24(17)18(13-26-20(24)12-23(3,4)5)16-8-6-7-15(2)21(16)25;1-13-9(12)7-3-2-4-8(5-7)10-6-11/h6-11,18,20,26H,12-13H2,1-5H3,(H,27,28);2-6H,1H3,(H,10,11)/t18?,20?,24-;/m0./s1. The van der Waals surface area contributed by atoms with Crippen LogP contribution in [-0.4, -0.2) is 38.0 Å². The molecule has 3 N–H and O–H groups in total. The molecule has 7 nitrogen and oxygen atoms in total. The molecule has 3 aromatic rings. The molecule has 1 spiro atoms. The van der Waals surface area contributed by atoms with Crippen molar-refractivity contribution in [3.63, 3.8) is 0 Å². The molecule has 2 aliphatic rings. The van der Waals surface area contributed by atoms with Gasteiger partial charge in [-0.3, -0.25) is 9.59 Å². The zero-order chi connectivity index (χ0) is 29.9. The van der Waals surface area contributed by atoms with E-state index in [0.717, 1.165) is 23.2 Å². The number of ether oxygens (including phenoxy) is 1. The molecule has 2 unspecified atom stereocenters. The molecule has 3 aromatic carbocycles. The molecule has 8 heteroatoms. The minimum atomic E-state index is -0.801. The number of hydrogen-bond donors (Lipinski definition) is 3. The normalized spacial score (nSPS) is 21.0. The Balaban J connectivity index is 0.000000251. The van der Waals surface area contributed by atoms with E-state index >= 15 is 4.39 Å². The van der Waals surface area contributed by atoms with Crippen LogP contribution in [0.4, 0.5) is 15.8 Å². The number of rotatable bonds is 5. The molecule has 5 rings (SSSR count). The molecule has 2 heterocycles. The Labute approximate surface area is 240 Å². The van der Waals surface area contributed by atoms with Crippen molar-refractivity contribution in [2.24, 2.45) is 5.41 Å². The highest BCUT2D eigenvalue weighted by Crippen LogP contribution is 2.54. The van der Waals surface area contributed by atoms with Gasteiger partial charge in [0.25, 0.3) is 0 Å². The number of fused-ring (bicyclic) bond motifs is 2. The number of carbonyl (C=O) groups excluding carboxylic acids is 3. The number of aryl methyl sites for hydroxylation is 2. The smallest absolute Gasteiger partial charge is 0.337 e. The van der Waals surface area contributed by atoms with Crippen LogP contribution in [0.5, 0.6) is 0 Å². The molecule has 2 amide bonds. The van der Waals surface area contributed by atoms with Gasteiger partial charge in [-0.2, -0.15) is 0 Å². The maximum atomic E-state index is 15.2. The zero-order valence-electron chi connectivity index (χ0n) is 24.4. The van der Waals surface area contributed by atoms with Crippen LogP contribution in [-0.2, 0) is 19.7 Å². The van der Waals surface area contributed by atoms with Gasteiger partial charge in [0.15, 0.2) is 0 Å². The maximum absolute atomic E-state index is 15.2. The molecule has 3 atom stereocenters. The van der Waals surface area contributed by atoms with Crippen molar-refractivity contribution in [1.82, 2.24) is 5.32 Å². The van der Waals surface area contributed by atoms with Crippen molar-refractivity contribution in [2.75, 3.05) is 24.3 Å². The number of anilines is 2. The van der Waals surface area contributed by atoms with Crippen molar-refractivity contribution in [2.45, 2.75) is 58.4 Å². The number of esters is 1. The van der Waals surface area contributed by atoms with E-state index < -0.39 is 11.4 Å². The second-order valence-electron chi connectivity index (χ2n) is 12.0. The predicted molar refractivity (Wildman–Crippen MR) is 159 cm³/mol. The average Bonchev–Trinajstić information content (AvgIpc) is 3.42. The average molecular weight is 560 g/mol. The molecule has 0 radical (unpaired) electrons. The molecule has 216 valence electrons. The van der Waals surface area contributed by atoms with Crippen LogP contribution in [0.25, 0.3) is 0 Å². The van der Waals surface area contributed by atoms with E-state index in [-0.39, 0.29) is 29.1 Å². The van der Waals surface area contributed by atoms with E-state index in [1.807, 2.05) is 25.1 Å². The van der Waals surface area contributed by atoms with Crippen LogP contribution < -0.4 is 16.0 Å². The van der Waals surface area contributed by atoms with Gasteiger partial charge in [0.1, 0.15) is 5.82 Å². The van der Waals surface area contributed by atoms with Gasteiger partial charge >= 0.3 is 5.97 Å². The molecular weight excluding hydrogens is 521 g/mol. The van der Waals surface area contributed by atoms with Gasteiger partial charge < -0.3 is 20.7 Å². The molecule has 41 heavy (non-hydrogen) atoms. The number of halogens is 1. The van der Waals surface area contributed by atoms with Gasteiger partial charge in [0.2, 0.25) is 12.3 Å². The largest absolute Gasteiger partial charge is 0.465 e. The fourth-order valence-corrected chi connectivity index (χ4v) is 6.05. The second kappa shape index (κ2) is 11.8. The Morgan fingerprint density at radius 3 is 2.54 bits per heavy atom. The molecule has 1 saturated heterocycles. The number of benzene rings is 3. The fourth-order valence-electron chi connectivity index (χ4n) is 6.05. The van der Waals surface area contributed by atoms with Gasteiger partial charge in [-0.25, -0.2) is 9.18 Å². The first kappa shape index (κ1) is 29.9. The minimum absolute atomic E-state index is 0.0155. The number of hydrogen-bond acceptors (Lipinski definition) is 5. The highest BCUT2D eigenvalue weighted by molar-refractivity contribution is 6.08. The van der Waals surface area contributed by atoms with Crippen LogP contribution >= 0.6 is 0 Å². The van der Waals surface area contributed by atoms with Gasteiger partial charge in [0, 0.05) is 29.9 Å². The van der Waals surface area contributed by atoms with Gasteiger partial charge in [-0.05, 0) is 72.2 Å². The lowest BCUT2D eigenvalue weighted by molar-refractivity contribution is -0.122. The lowest BCUT2D eigenvalue weighted by Crippen LogP contribution is -2.49. The summed E-state index contributed by atoms with van der Waals surface area (Å²) in [6.45, 7) is 11.0. The van der Waals surface area contributed by atoms with E-state index in [1.54, 1.807) is 37.3 Å². The Bertz CT molecular complexity index is 1470. The second-order valence-corrected chi connectivity index (χ2v) is 12.0. The minimum Gasteiger partial charge on any atom is -0.465 e. The summed E-state index contributed by atoms with van der Waals surface area (Å²) in [4.78, 5) is 34.7. The van der Waals surface area contributed by atoms with Crippen LogP contribution in [0.3, 0.4) is 0 Å². The molecule has 0 saturated carbocycles. The highest BCUT2D eigenvalue weighted by Gasteiger charge is 2.61. The van der Waals surface area contributed by atoms with Gasteiger partial charge in [-0.15, -0.1) is 0 Å². The van der Waals surface area contributed by atoms with E-state index in [0.29, 0.717) is 35.3 Å². The van der Waals surface area contributed by atoms with E-state index in [9.17, 15) is 14.4 Å². The summed E-state index contributed by atoms with van der Waals surface area (Å²) < 4.78 is 19.7. The number of nitrogens with one attached hydrogen (secondary N) is 3. The Morgan fingerprint density at radius 1 is 1.12 bits per heavy atom. The number of amides is 2. The van der Waals surface area contributed by atoms with Gasteiger partial charge in [-0.1, -0.05) is 57.2 Å². The topological polar surface area (TPSA) is 96.5 Å². The van der Waals surface area contributed by atoms with Crippen LogP contribution in [0, 0.1) is 25.1 Å². The first-order chi connectivity index (χ1) is 19.4. The summed E-state index contributed by atoms with van der Waals surface area (Å²) in [7, 11) is 1.31. The number of carbonyl (C=O) groups is 3. The third-order valence-corrected chi connectivity index (χ3v) is 7.84. The molecule has 0 aliphatic carbocycles. The zero-order valence-corrected chi connectivity index (χ0v) is 24.4. The third kappa shape index (κ3) is 5.88. The molecular formula is C33H38FN3O4. The summed E-state index contributed by atoms with van der Waals surface area (Å²) in [6, 6.07) is 18.1. The van der Waals surface area contributed by atoms with Crippen molar-refractivity contribution >= 4 is 29.7 Å². The predicted octanol–water partition coefficient (Wildman–Crippen LogP) is 5.87. The molecule has 2 aliphatic heterocycles. The van der Waals surface area contributed by atoms with E-state index in [2.05, 4.69) is 53.6 Å².